The number of ketones is 2. The topological polar surface area (TPSA) is 210 Å². The van der Waals surface area contributed by atoms with Crippen molar-refractivity contribution in [2.75, 3.05) is 26.4 Å². The summed E-state index contributed by atoms with van der Waals surface area (Å²) < 4.78 is 35.7. The molecule has 6 aromatic carbocycles. The molecule has 14 nitrogen and oxygen atoms in total. The third-order valence-electron chi connectivity index (χ3n) is 11.3. The van der Waals surface area contributed by atoms with Crippen molar-refractivity contribution in [1.29, 1.82) is 0 Å². The number of aromatic carboxylic acids is 2. The van der Waals surface area contributed by atoms with E-state index in [0.29, 0.717) is 99.4 Å². The first kappa shape index (κ1) is 62.3. The summed E-state index contributed by atoms with van der Waals surface area (Å²) in [4.78, 5) is 46.2. The normalized spacial score (nSPS) is 10.4. The van der Waals surface area contributed by atoms with Crippen molar-refractivity contribution in [3.63, 3.8) is 0 Å². The van der Waals surface area contributed by atoms with Gasteiger partial charge in [-0.1, -0.05) is 76.9 Å². The van der Waals surface area contributed by atoms with Gasteiger partial charge < -0.3 is 58.4 Å². The number of carbonyl (C=O) groups is 4. The van der Waals surface area contributed by atoms with Crippen LogP contribution in [0.1, 0.15) is 131 Å². The zero-order valence-corrected chi connectivity index (χ0v) is 47.7. The zero-order chi connectivity index (χ0) is 52.2. The van der Waals surface area contributed by atoms with Gasteiger partial charge in [0.2, 0.25) is 0 Å². The summed E-state index contributed by atoms with van der Waals surface area (Å²) in [5.74, 6) is 0.755. The van der Waals surface area contributed by atoms with E-state index >= 15 is 0 Å². The van der Waals surface area contributed by atoms with Gasteiger partial charge in [0.1, 0.15) is 57.5 Å². The Labute approximate surface area is 477 Å². The van der Waals surface area contributed by atoms with Crippen LogP contribution in [0.3, 0.4) is 0 Å². The van der Waals surface area contributed by atoms with Crippen LogP contribution >= 0.6 is 0 Å². The van der Waals surface area contributed by atoms with E-state index in [9.17, 15) is 39.6 Å². The minimum Gasteiger partial charge on any atom is -0.545 e. The van der Waals surface area contributed by atoms with E-state index in [4.69, 9.17) is 28.4 Å². The quantitative estimate of drug-likeness (QED) is 0.0443. The summed E-state index contributed by atoms with van der Waals surface area (Å²) in [6.07, 6.45) is 5.59. The number of phenols is 2. The van der Waals surface area contributed by atoms with E-state index in [0.717, 1.165) is 35.1 Å². The number of rotatable bonds is 26. The van der Waals surface area contributed by atoms with E-state index in [2.05, 4.69) is 0 Å². The fraction of sp³-hybridized carbons (Fsp3) is 0.310. The van der Waals surface area contributed by atoms with Crippen LogP contribution in [0.25, 0.3) is 0 Å². The molecule has 6 rings (SSSR count). The van der Waals surface area contributed by atoms with Crippen LogP contribution in [0.4, 0.5) is 0 Å². The van der Waals surface area contributed by atoms with Crippen LogP contribution in [-0.2, 0) is 25.7 Å². The van der Waals surface area contributed by atoms with E-state index in [1.54, 1.807) is 72.8 Å². The number of carboxylic acids is 2. The van der Waals surface area contributed by atoms with Crippen molar-refractivity contribution >= 4 is 23.5 Å². The Morgan fingerprint density at radius 2 is 0.757 bits per heavy atom. The summed E-state index contributed by atoms with van der Waals surface area (Å²) in [7, 11) is 0. The molecule has 0 fully saturated rings. The van der Waals surface area contributed by atoms with Crippen molar-refractivity contribution in [3.05, 3.63) is 154 Å². The largest absolute Gasteiger partial charge is 1.00 e. The molecule has 0 aromatic heterocycles. The number of Topliss-reactive ketones (excluding diaryl/α,β-unsaturated/α-hetero) is 2. The summed E-state index contributed by atoms with van der Waals surface area (Å²) in [6.45, 7) is 12.3. The Morgan fingerprint density at radius 1 is 0.432 bits per heavy atom. The average molecular weight is 1030 g/mol. The van der Waals surface area contributed by atoms with E-state index in [-0.39, 0.29) is 116 Å². The zero-order valence-electron chi connectivity index (χ0n) is 43.7. The minimum absolute atomic E-state index is 0. The Balaban J connectivity index is 0.000000380. The molecule has 0 bridgehead atoms. The molecule has 0 unspecified atom stereocenters. The minimum atomic E-state index is -1.30. The fourth-order valence-corrected chi connectivity index (χ4v) is 7.69. The molecular weight excluding hydrogens is 967 g/mol. The molecule has 0 amide bonds. The predicted molar refractivity (Wildman–Crippen MR) is 269 cm³/mol. The van der Waals surface area contributed by atoms with Crippen molar-refractivity contribution in [1.82, 2.24) is 0 Å². The first-order chi connectivity index (χ1) is 34.7. The molecule has 380 valence electrons. The van der Waals surface area contributed by atoms with Gasteiger partial charge in [0.15, 0.2) is 11.6 Å². The van der Waals surface area contributed by atoms with E-state index in [1.807, 2.05) is 39.8 Å². The van der Waals surface area contributed by atoms with E-state index in [1.165, 1.54) is 38.1 Å². The second-order valence-electron chi connectivity index (χ2n) is 16.6. The molecule has 2 N–H and O–H groups in total. The number of ether oxygens (including phenoxy) is 6. The van der Waals surface area contributed by atoms with Gasteiger partial charge >= 0.3 is 59.1 Å². The van der Waals surface area contributed by atoms with Crippen molar-refractivity contribution in [2.24, 2.45) is 0 Å². The molecule has 0 heterocycles. The molecule has 0 saturated heterocycles. The number of hydrogen-bond donors (Lipinski definition) is 2. The number of aryl methyl sites for hydroxylation is 2. The second-order valence-corrected chi connectivity index (χ2v) is 16.6. The average Bonchev–Trinajstić information content (AvgIpc) is 3.35. The maximum atomic E-state index is 11.7. The third-order valence-corrected chi connectivity index (χ3v) is 11.3. The van der Waals surface area contributed by atoms with Gasteiger partial charge in [-0.2, -0.15) is 0 Å². The summed E-state index contributed by atoms with van der Waals surface area (Å²) in [5, 5.41) is 43.1. The maximum Gasteiger partial charge on any atom is 1.00 e. The smallest absolute Gasteiger partial charge is 0.545 e. The Hall–Kier alpha value is -6.00. The van der Waals surface area contributed by atoms with Crippen molar-refractivity contribution in [3.8, 4) is 57.5 Å². The second kappa shape index (κ2) is 31.7. The summed E-state index contributed by atoms with van der Waals surface area (Å²) in [6, 6.07) is 29.9. The monoisotopic (exact) mass is 1030 g/mol. The van der Waals surface area contributed by atoms with Crippen LogP contribution in [0.5, 0.6) is 57.5 Å². The molecule has 0 atom stereocenters. The Kier molecular flexibility index (Phi) is 26.7. The molecule has 0 aliphatic carbocycles. The number of hydrogen-bond acceptors (Lipinski definition) is 14. The molecule has 6 aromatic rings. The first-order valence-corrected chi connectivity index (χ1v) is 24.2. The number of phenolic OH excluding ortho intramolecular Hbond substituents is 2. The third kappa shape index (κ3) is 17.6. The predicted octanol–water partition coefficient (Wildman–Crippen LogP) is 4.23. The van der Waals surface area contributed by atoms with Gasteiger partial charge in [-0.15, -0.1) is 0 Å². The molecule has 0 saturated carbocycles. The van der Waals surface area contributed by atoms with Gasteiger partial charge in [-0.25, -0.2) is 0 Å². The van der Waals surface area contributed by atoms with Crippen molar-refractivity contribution < 1.29 is 127 Å². The van der Waals surface area contributed by atoms with Gasteiger partial charge in [-0.05, 0) is 111 Å². The number of carbonyl (C=O) groups excluding carboxylic acids is 4. The molecular formula is C58H62Na2O14. The summed E-state index contributed by atoms with van der Waals surface area (Å²) in [5.41, 5.74) is 3.95. The molecule has 16 heteroatoms. The van der Waals surface area contributed by atoms with Crippen LogP contribution in [0.2, 0.25) is 0 Å². The standard InChI is InChI=1S/2C29H32O7.2Na/c2*1-4-10-21-25(13-8-14-26(21)36-27-12-7-6-11-22(27)29(32)33)34-15-9-16-35-28-18-24(31)23(19(3)30)17-20(28)5-2;;/h2*6-8,11-14,17-18,31H,4-5,9-10,15-16H2,1-3H3,(H,32,33);;/q;;2*+1/p-2. The number of para-hydroxylation sites is 2. The van der Waals surface area contributed by atoms with E-state index < -0.39 is 11.9 Å². The fourth-order valence-electron chi connectivity index (χ4n) is 7.69. The molecule has 74 heavy (non-hydrogen) atoms. The summed E-state index contributed by atoms with van der Waals surface area (Å²) >= 11 is 0. The van der Waals surface area contributed by atoms with Gasteiger partial charge in [0.05, 0.1) is 49.5 Å². The Morgan fingerprint density at radius 3 is 1.08 bits per heavy atom. The molecule has 0 radical (unpaired) electrons. The van der Waals surface area contributed by atoms with Gasteiger partial charge in [-0.3, -0.25) is 9.59 Å². The molecule has 0 spiro atoms. The molecule has 0 aliphatic rings. The number of carboxylic acid groups (broad SMARTS) is 2. The number of benzene rings is 6. The van der Waals surface area contributed by atoms with Crippen LogP contribution in [0.15, 0.2) is 109 Å². The first-order valence-electron chi connectivity index (χ1n) is 24.2. The van der Waals surface area contributed by atoms with Gasteiger partial charge in [0.25, 0.3) is 0 Å². The number of aromatic hydroxyl groups is 2. The van der Waals surface area contributed by atoms with Crippen LogP contribution in [-0.4, -0.2) is 60.1 Å². The Bertz CT molecular complexity index is 2640. The van der Waals surface area contributed by atoms with Crippen LogP contribution in [0, 0.1) is 0 Å². The van der Waals surface area contributed by atoms with Gasteiger partial charge in [0, 0.05) is 47.2 Å². The maximum absolute atomic E-state index is 11.7. The molecule has 0 aliphatic heterocycles. The van der Waals surface area contributed by atoms with Crippen molar-refractivity contribution in [2.45, 2.75) is 92.9 Å². The SMILES string of the molecule is CCCc1c(OCCCOc2cc(O)c(C(C)=O)cc2CC)cccc1Oc1ccccc1C(=O)[O-].CCCc1c(OCCCOc2cc(O)c(C(C)=O)cc2CC)cccc1Oc1ccccc1C(=O)[O-].[Na+].[Na+]. The van der Waals surface area contributed by atoms with Crippen LogP contribution < -0.4 is 97.7 Å².